The van der Waals surface area contributed by atoms with Crippen molar-refractivity contribution >= 4 is 5.82 Å². The highest BCUT2D eigenvalue weighted by atomic mass is 16.5. The molecule has 3 unspecified atom stereocenters. The van der Waals surface area contributed by atoms with Gasteiger partial charge in [0.15, 0.2) is 0 Å². The van der Waals surface area contributed by atoms with Crippen molar-refractivity contribution in [1.82, 2.24) is 10.3 Å². The highest BCUT2D eigenvalue weighted by molar-refractivity contribution is 5.50. The molecule has 1 aromatic rings. The molecule has 0 radical (unpaired) electrons. The van der Waals surface area contributed by atoms with Gasteiger partial charge in [0.1, 0.15) is 5.82 Å². The molecule has 0 bridgehead atoms. The summed E-state index contributed by atoms with van der Waals surface area (Å²) in [5.74, 6) is 1.16. The van der Waals surface area contributed by atoms with Crippen molar-refractivity contribution in [2.75, 3.05) is 24.6 Å². The molecule has 0 amide bonds. The number of hydrogen-bond acceptors (Lipinski definition) is 4. The average molecular weight is 289 g/mol. The van der Waals surface area contributed by atoms with Crippen molar-refractivity contribution in [3.8, 4) is 0 Å². The van der Waals surface area contributed by atoms with E-state index in [0.29, 0.717) is 18.2 Å². The third-order valence-corrected chi connectivity index (χ3v) is 4.74. The Morgan fingerprint density at radius 1 is 1.48 bits per heavy atom. The summed E-state index contributed by atoms with van der Waals surface area (Å²) in [4.78, 5) is 7.22. The minimum absolute atomic E-state index is 0.344. The zero-order valence-corrected chi connectivity index (χ0v) is 13.2. The highest BCUT2D eigenvalue weighted by Gasteiger charge is 2.37. The molecule has 1 saturated carbocycles. The van der Waals surface area contributed by atoms with E-state index in [-0.39, 0.29) is 0 Å². The molecular formula is C17H27N3O. The van der Waals surface area contributed by atoms with Gasteiger partial charge in [0.05, 0.1) is 18.8 Å². The monoisotopic (exact) mass is 289 g/mol. The van der Waals surface area contributed by atoms with Gasteiger partial charge in [-0.15, -0.1) is 0 Å². The van der Waals surface area contributed by atoms with Crippen LogP contribution in [-0.2, 0) is 4.74 Å². The van der Waals surface area contributed by atoms with Crippen molar-refractivity contribution in [3.05, 3.63) is 23.9 Å². The molecule has 0 spiro atoms. The van der Waals surface area contributed by atoms with E-state index in [4.69, 9.17) is 9.72 Å². The van der Waals surface area contributed by atoms with Gasteiger partial charge in [-0.25, -0.2) is 4.98 Å². The van der Waals surface area contributed by atoms with Crippen molar-refractivity contribution in [3.63, 3.8) is 0 Å². The predicted octanol–water partition coefficient (Wildman–Crippen LogP) is 2.90. The maximum atomic E-state index is 5.93. The first kappa shape index (κ1) is 14.8. The lowest BCUT2D eigenvalue weighted by Gasteiger charge is -2.39. The molecule has 0 aromatic carbocycles. The number of nitrogens with zero attached hydrogens (tertiary/aromatic N) is 2. The van der Waals surface area contributed by atoms with E-state index >= 15 is 0 Å². The van der Waals surface area contributed by atoms with Crippen LogP contribution in [0.1, 0.15) is 51.1 Å². The molecule has 116 valence electrons. The third kappa shape index (κ3) is 3.06. The molecule has 1 aliphatic carbocycles. The minimum Gasteiger partial charge on any atom is -0.374 e. The summed E-state index contributed by atoms with van der Waals surface area (Å²) in [5.41, 5.74) is 1.32. The van der Waals surface area contributed by atoms with E-state index in [0.717, 1.165) is 31.9 Å². The zero-order valence-electron chi connectivity index (χ0n) is 13.2. The Hall–Kier alpha value is -1.13. The van der Waals surface area contributed by atoms with Crippen LogP contribution in [0.3, 0.4) is 0 Å². The maximum absolute atomic E-state index is 5.93. The van der Waals surface area contributed by atoms with E-state index in [2.05, 4.69) is 36.2 Å². The topological polar surface area (TPSA) is 37.4 Å². The van der Waals surface area contributed by atoms with E-state index in [9.17, 15) is 0 Å². The number of hydrogen-bond donors (Lipinski definition) is 1. The maximum Gasteiger partial charge on any atom is 0.133 e. The van der Waals surface area contributed by atoms with Gasteiger partial charge in [-0.2, -0.15) is 0 Å². The number of ether oxygens (including phenoxy) is 1. The fraction of sp³-hybridized carbons (Fsp3) is 0.706. The summed E-state index contributed by atoms with van der Waals surface area (Å²) in [6, 6.07) is 5.13. The van der Waals surface area contributed by atoms with Gasteiger partial charge in [0.25, 0.3) is 0 Å². The van der Waals surface area contributed by atoms with Crippen LogP contribution in [0, 0.1) is 0 Å². The van der Waals surface area contributed by atoms with Gasteiger partial charge in [0.2, 0.25) is 0 Å². The van der Waals surface area contributed by atoms with E-state index < -0.39 is 0 Å². The summed E-state index contributed by atoms with van der Waals surface area (Å²) >= 11 is 0. The number of morpholine rings is 1. The molecular weight excluding hydrogens is 262 g/mol. The molecule has 1 aliphatic heterocycles. The minimum atomic E-state index is 0.344. The third-order valence-electron chi connectivity index (χ3n) is 4.74. The van der Waals surface area contributed by atoms with Crippen LogP contribution >= 0.6 is 0 Å². The Labute approximate surface area is 127 Å². The van der Waals surface area contributed by atoms with E-state index in [1.54, 1.807) is 0 Å². The lowest BCUT2D eigenvalue weighted by atomic mass is 10.1. The molecule has 21 heavy (non-hydrogen) atoms. The first-order chi connectivity index (χ1) is 10.3. The van der Waals surface area contributed by atoms with Crippen LogP contribution < -0.4 is 10.2 Å². The Balaban J connectivity index is 1.84. The Bertz CT molecular complexity index is 465. The van der Waals surface area contributed by atoms with Gasteiger partial charge in [-0.3, -0.25) is 0 Å². The number of pyridine rings is 1. The van der Waals surface area contributed by atoms with Gasteiger partial charge in [0, 0.05) is 24.3 Å². The fourth-order valence-corrected chi connectivity index (χ4v) is 3.65. The van der Waals surface area contributed by atoms with Crippen molar-refractivity contribution in [2.45, 2.75) is 57.7 Å². The molecule has 1 aromatic heterocycles. The summed E-state index contributed by atoms with van der Waals surface area (Å²) in [6.07, 6.45) is 7.20. The van der Waals surface area contributed by atoms with Gasteiger partial charge in [-0.1, -0.05) is 13.0 Å². The SMILES string of the molecule is CCCNC(C)c1cccnc1N1CCOC2CCCC21. The van der Waals surface area contributed by atoms with Crippen LogP contribution in [0.5, 0.6) is 0 Å². The van der Waals surface area contributed by atoms with Crippen LogP contribution in [0.25, 0.3) is 0 Å². The second kappa shape index (κ2) is 6.75. The largest absolute Gasteiger partial charge is 0.374 e. The fourth-order valence-electron chi connectivity index (χ4n) is 3.65. The quantitative estimate of drug-likeness (QED) is 0.904. The second-order valence-electron chi connectivity index (χ2n) is 6.19. The van der Waals surface area contributed by atoms with Crippen LogP contribution in [0.2, 0.25) is 0 Å². The molecule has 4 heteroatoms. The van der Waals surface area contributed by atoms with Crippen LogP contribution in [0.15, 0.2) is 18.3 Å². The van der Waals surface area contributed by atoms with Crippen molar-refractivity contribution in [2.24, 2.45) is 0 Å². The Kier molecular flexibility index (Phi) is 4.76. The average Bonchev–Trinajstić information content (AvgIpc) is 3.01. The Morgan fingerprint density at radius 2 is 2.38 bits per heavy atom. The lowest BCUT2D eigenvalue weighted by molar-refractivity contribution is 0.0252. The summed E-state index contributed by atoms with van der Waals surface area (Å²) in [7, 11) is 0. The molecule has 1 saturated heterocycles. The van der Waals surface area contributed by atoms with Gasteiger partial charge in [-0.05, 0) is 45.2 Å². The highest BCUT2D eigenvalue weighted by Crippen LogP contribution is 2.35. The lowest BCUT2D eigenvalue weighted by Crippen LogP contribution is -2.49. The molecule has 1 N–H and O–H groups in total. The number of fused-ring (bicyclic) bond motifs is 1. The van der Waals surface area contributed by atoms with Crippen LogP contribution in [0.4, 0.5) is 5.82 Å². The standard InChI is InChI=1S/C17H27N3O/c1-3-9-18-13(2)14-6-5-10-19-17(14)20-11-12-21-16-8-4-7-15(16)20/h5-6,10,13,15-16,18H,3-4,7-9,11-12H2,1-2H3. The zero-order chi connectivity index (χ0) is 14.7. The molecule has 2 fully saturated rings. The molecule has 3 atom stereocenters. The second-order valence-corrected chi connectivity index (χ2v) is 6.19. The number of nitrogens with one attached hydrogen (secondary N) is 1. The van der Waals surface area contributed by atoms with Crippen LogP contribution in [-0.4, -0.2) is 36.8 Å². The van der Waals surface area contributed by atoms with Gasteiger partial charge >= 0.3 is 0 Å². The molecule has 2 heterocycles. The number of rotatable bonds is 5. The summed E-state index contributed by atoms with van der Waals surface area (Å²) in [5, 5.41) is 3.59. The van der Waals surface area contributed by atoms with E-state index in [1.165, 1.54) is 24.8 Å². The number of aromatic nitrogens is 1. The Morgan fingerprint density at radius 3 is 3.24 bits per heavy atom. The summed E-state index contributed by atoms with van der Waals surface area (Å²) < 4.78 is 5.93. The predicted molar refractivity (Wildman–Crippen MR) is 85.7 cm³/mol. The summed E-state index contributed by atoms with van der Waals surface area (Å²) in [6.45, 7) is 7.28. The number of anilines is 1. The van der Waals surface area contributed by atoms with Crippen molar-refractivity contribution in [1.29, 1.82) is 0 Å². The first-order valence-electron chi connectivity index (χ1n) is 8.37. The molecule has 2 aliphatic rings. The smallest absolute Gasteiger partial charge is 0.133 e. The van der Waals surface area contributed by atoms with Gasteiger partial charge < -0.3 is 15.0 Å². The molecule has 4 nitrogen and oxygen atoms in total. The normalized spacial score (nSPS) is 26.7. The first-order valence-corrected chi connectivity index (χ1v) is 8.37. The van der Waals surface area contributed by atoms with Crippen molar-refractivity contribution < 1.29 is 4.74 Å². The molecule has 3 rings (SSSR count). The van der Waals surface area contributed by atoms with E-state index in [1.807, 2.05) is 6.20 Å².